The van der Waals surface area contributed by atoms with Gasteiger partial charge in [0.1, 0.15) is 0 Å². The maximum atomic E-state index is 10.4. The highest BCUT2D eigenvalue weighted by Gasteiger charge is 2.17. The lowest BCUT2D eigenvalue weighted by Gasteiger charge is -2.04. The summed E-state index contributed by atoms with van der Waals surface area (Å²) in [5.74, 6) is -0.681. The summed E-state index contributed by atoms with van der Waals surface area (Å²) in [7, 11) is 0. The Bertz CT molecular complexity index is 255. The fourth-order valence-corrected chi connectivity index (χ4v) is 1.70. The number of carbonyl (C=O) groups is 4. The Balaban J connectivity index is 0.000000284. The SMILES string of the molecule is O.O=C1CCCCC1=O.O=C1CCCCC1=O. The first-order valence-corrected chi connectivity index (χ1v) is 5.73. The lowest BCUT2D eigenvalue weighted by Crippen LogP contribution is -2.17. The van der Waals surface area contributed by atoms with Crippen molar-refractivity contribution in [1.29, 1.82) is 0 Å². The van der Waals surface area contributed by atoms with E-state index >= 15 is 0 Å². The van der Waals surface area contributed by atoms with Crippen LogP contribution < -0.4 is 0 Å². The first-order chi connectivity index (χ1) is 7.61. The summed E-state index contributed by atoms with van der Waals surface area (Å²) >= 11 is 0. The topological polar surface area (TPSA) is 99.8 Å². The smallest absolute Gasteiger partial charge is 0.198 e. The van der Waals surface area contributed by atoms with Crippen molar-refractivity contribution in [3.63, 3.8) is 0 Å². The summed E-state index contributed by atoms with van der Waals surface area (Å²) in [5, 5.41) is 0. The predicted octanol–water partition coefficient (Wildman–Crippen LogP) is 0.572. The van der Waals surface area contributed by atoms with Crippen molar-refractivity contribution >= 4 is 23.1 Å². The van der Waals surface area contributed by atoms with Gasteiger partial charge in [-0.05, 0) is 25.7 Å². The number of rotatable bonds is 0. The molecule has 0 unspecified atom stereocenters. The van der Waals surface area contributed by atoms with Crippen molar-refractivity contribution < 1.29 is 24.7 Å². The van der Waals surface area contributed by atoms with Crippen molar-refractivity contribution in [2.45, 2.75) is 51.4 Å². The van der Waals surface area contributed by atoms with Crippen LogP contribution in [0.25, 0.3) is 0 Å². The van der Waals surface area contributed by atoms with E-state index in [1.54, 1.807) is 0 Å². The van der Waals surface area contributed by atoms with E-state index in [0.29, 0.717) is 25.7 Å². The molecule has 2 N–H and O–H groups in total. The van der Waals surface area contributed by atoms with Gasteiger partial charge >= 0.3 is 0 Å². The summed E-state index contributed by atoms with van der Waals surface area (Å²) < 4.78 is 0. The largest absolute Gasteiger partial charge is 0.412 e. The van der Waals surface area contributed by atoms with Crippen LogP contribution in [0.5, 0.6) is 0 Å². The molecule has 5 nitrogen and oxygen atoms in total. The number of Topliss-reactive ketones (excluding diaryl/α,β-unsaturated/α-hetero) is 4. The van der Waals surface area contributed by atoms with Crippen LogP contribution in [0.3, 0.4) is 0 Å². The normalized spacial score (nSPS) is 20.2. The Morgan fingerprint density at radius 2 is 0.647 bits per heavy atom. The first-order valence-electron chi connectivity index (χ1n) is 5.73. The average Bonchev–Trinajstić information content (AvgIpc) is 2.28. The predicted molar refractivity (Wildman–Crippen MR) is 60.6 cm³/mol. The Hall–Kier alpha value is -1.36. The van der Waals surface area contributed by atoms with Crippen LogP contribution in [0.15, 0.2) is 0 Å². The monoisotopic (exact) mass is 242 g/mol. The van der Waals surface area contributed by atoms with E-state index in [4.69, 9.17) is 0 Å². The first kappa shape index (κ1) is 15.6. The number of ketones is 4. The van der Waals surface area contributed by atoms with Crippen molar-refractivity contribution in [3.05, 3.63) is 0 Å². The van der Waals surface area contributed by atoms with E-state index in [0.717, 1.165) is 25.7 Å². The van der Waals surface area contributed by atoms with Gasteiger partial charge in [-0.2, -0.15) is 0 Å². The molecule has 0 aliphatic heterocycles. The van der Waals surface area contributed by atoms with Gasteiger partial charge in [0.05, 0.1) is 0 Å². The number of hydrogen-bond donors (Lipinski definition) is 0. The third-order valence-electron chi connectivity index (χ3n) is 2.74. The Kier molecular flexibility index (Phi) is 7.21. The van der Waals surface area contributed by atoms with Crippen LogP contribution in [-0.4, -0.2) is 28.6 Å². The molecule has 2 aliphatic carbocycles. The zero-order valence-electron chi connectivity index (χ0n) is 9.79. The molecular formula is C12H18O5. The summed E-state index contributed by atoms with van der Waals surface area (Å²) in [6, 6.07) is 0. The van der Waals surface area contributed by atoms with Crippen LogP contribution in [0.1, 0.15) is 51.4 Å². The van der Waals surface area contributed by atoms with Gasteiger partial charge in [-0.15, -0.1) is 0 Å². The van der Waals surface area contributed by atoms with Gasteiger partial charge < -0.3 is 5.48 Å². The lowest BCUT2D eigenvalue weighted by atomic mass is 9.98. The van der Waals surface area contributed by atoms with Gasteiger partial charge in [0.15, 0.2) is 23.1 Å². The highest BCUT2D eigenvalue weighted by molar-refractivity contribution is 6.38. The summed E-state index contributed by atoms with van der Waals surface area (Å²) in [5.41, 5.74) is 0. The quantitative estimate of drug-likeness (QED) is 0.579. The van der Waals surface area contributed by atoms with Gasteiger partial charge in [-0.25, -0.2) is 0 Å². The molecule has 96 valence electrons. The van der Waals surface area contributed by atoms with Crippen LogP contribution in [0.2, 0.25) is 0 Å². The lowest BCUT2D eigenvalue weighted by molar-refractivity contribution is -0.137. The minimum Gasteiger partial charge on any atom is -0.412 e. The summed E-state index contributed by atoms with van der Waals surface area (Å²) in [6.07, 6.45) is 5.57. The molecule has 0 heterocycles. The summed E-state index contributed by atoms with van der Waals surface area (Å²) in [6.45, 7) is 0. The highest BCUT2D eigenvalue weighted by Crippen LogP contribution is 2.10. The molecule has 17 heavy (non-hydrogen) atoms. The second kappa shape index (κ2) is 7.84. The maximum absolute atomic E-state index is 10.4. The molecule has 2 rings (SSSR count). The zero-order valence-corrected chi connectivity index (χ0v) is 9.79. The molecule has 2 aliphatic rings. The van der Waals surface area contributed by atoms with Crippen molar-refractivity contribution in [2.75, 3.05) is 0 Å². The van der Waals surface area contributed by atoms with E-state index in [2.05, 4.69) is 0 Å². The molecule has 2 fully saturated rings. The fourth-order valence-electron chi connectivity index (χ4n) is 1.70. The Morgan fingerprint density at radius 1 is 0.471 bits per heavy atom. The molecule has 0 radical (unpaired) electrons. The molecular weight excluding hydrogens is 224 g/mol. The molecule has 0 bridgehead atoms. The third kappa shape index (κ3) is 5.49. The highest BCUT2D eigenvalue weighted by atomic mass is 16.2. The van der Waals surface area contributed by atoms with Gasteiger partial charge in [0.25, 0.3) is 0 Å². The molecule has 0 spiro atoms. The number of carbonyl (C=O) groups excluding carboxylic acids is 4. The average molecular weight is 242 g/mol. The van der Waals surface area contributed by atoms with Crippen molar-refractivity contribution in [3.8, 4) is 0 Å². The number of hydrogen-bond acceptors (Lipinski definition) is 4. The van der Waals surface area contributed by atoms with E-state index in [9.17, 15) is 19.2 Å². The van der Waals surface area contributed by atoms with Gasteiger partial charge in [-0.3, -0.25) is 19.2 Å². The Labute approximate surface area is 99.9 Å². The summed E-state index contributed by atoms with van der Waals surface area (Å²) in [4.78, 5) is 41.8. The Morgan fingerprint density at radius 3 is 0.765 bits per heavy atom. The molecule has 0 aromatic heterocycles. The molecule has 0 atom stereocenters. The fraction of sp³-hybridized carbons (Fsp3) is 0.667. The van der Waals surface area contributed by atoms with E-state index in [-0.39, 0.29) is 28.6 Å². The van der Waals surface area contributed by atoms with Gasteiger partial charge in [0.2, 0.25) is 0 Å². The molecule has 0 aromatic carbocycles. The van der Waals surface area contributed by atoms with E-state index in [1.807, 2.05) is 0 Å². The third-order valence-corrected chi connectivity index (χ3v) is 2.74. The molecule has 2 saturated carbocycles. The molecule has 0 aromatic rings. The molecule has 5 heteroatoms. The van der Waals surface area contributed by atoms with Crippen LogP contribution in [0.4, 0.5) is 0 Å². The maximum Gasteiger partial charge on any atom is 0.198 e. The minimum atomic E-state index is -0.170. The van der Waals surface area contributed by atoms with E-state index < -0.39 is 0 Å². The van der Waals surface area contributed by atoms with Crippen molar-refractivity contribution in [1.82, 2.24) is 0 Å². The van der Waals surface area contributed by atoms with Crippen LogP contribution >= 0.6 is 0 Å². The van der Waals surface area contributed by atoms with E-state index in [1.165, 1.54) is 0 Å². The standard InChI is InChI=1S/2C6H8O2.H2O/c2*7-5-3-1-2-4-6(5)8;/h2*1-4H2;1H2. The van der Waals surface area contributed by atoms with Gasteiger partial charge in [-0.1, -0.05) is 0 Å². The molecule has 0 saturated heterocycles. The molecule has 0 amide bonds. The van der Waals surface area contributed by atoms with Gasteiger partial charge in [0, 0.05) is 25.7 Å². The van der Waals surface area contributed by atoms with Crippen LogP contribution in [0, 0.1) is 0 Å². The van der Waals surface area contributed by atoms with Crippen molar-refractivity contribution in [2.24, 2.45) is 0 Å². The zero-order chi connectivity index (χ0) is 12.0. The van der Waals surface area contributed by atoms with Crippen LogP contribution in [-0.2, 0) is 19.2 Å². The minimum absolute atomic E-state index is 0. The second-order valence-corrected chi connectivity index (χ2v) is 4.11. The second-order valence-electron chi connectivity index (χ2n) is 4.11.